The van der Waals surface area contributed by atoms with Gasteiger partial charge in [0.25, 0.3) is 0 Å². The number of hydrogen-bond acceptors (Lipinski definition) is 2. The van der Waals surface area contributed by atoms with Crippen LogP contribution in [-0.4, -0.2) is 24.0 Å². The van der Waals surface area contributed by atoms with Crippen molar-refractivity contribution >= 4 is 12.1 Å². The Morgan fingerprint density at radius 3 is 2.30 bits per heavy atom. The number of nitrogens with zero attached hydrogens (tertiary/aromatic N) is 2. The molecule has 54 valence electrons. The van der Waals surface area contributed by atoms with Gasteiger partial charge in [-0.25, -0.2) is 0 Å². The number of nitrogens with one attached hydrogen (secondary N) is 1. The quantitative estimate of drug-likeness (QED) is 0.461. The summed E-state index contributed by atoms with van der Waals surface area (Å²) in [6.07, 6.45) is 4.41. The largest absolute Gasteiger partial charge is 0.309 e. The Morgan fingerprint density at radius 1 is 1.50 bits per heavy atom. The van der Waals surface area contributed by atoms with E-state index in [0.29, 0.717) is 0 Å². The molecule has 0 unspecified atom stereocenters. The van der Waals surface area contributed by atoms with E-state index >= 15 is 0 Å². The number of rotatable bonds is 3. The highest BCUT2D eigenvalue weighted by molar-refractivity contribution is 6.28. The minimum absolute atomic E-state index is 0.257. The van der Waals surface area contributed by atoms with Crippen LogP contribution in [0.3, 0.4) is 0 Å². The average molecular weight is 137 g/mol. The molecule has 0 saturated carbocycles. The normalized spacial score (nSPS) is 9.30. The van der Waals surface area contributed by atoms with Crippen molar-refractivity contribution in [1.29, 1.82) is 5.41 Å². The second-order valence-electron chi connectivity index (χ2n) is 1.54. The highest BCUT2D eigenvalue weighted by Crippen LogP contribution is 1.87. The van der Waals surface area contributed by atoms with Crippen LogP contribution in [0.5, 0.6) is 0 Å². The molecule has 10 heavy (non-hydrogen) atoms. The van der Waals surface area contributed by atoms with Gasteiger partial charge < -0.3 is 4.90 Å². The molecule has 0 bridgehead atoms. The molecule has 1 N–H and O–H groups in total. The Balaban J connectivity index is 4.14. The first-order valence-electron chi connectivity index (χ1n) is 2.80. The number of aliphatic imine (C=N–C) groups is 1. The first kappa shape index (κ1) is 8.62. The molecule has 0 aliphatic heterocycles. The van der Waals surface area contributed by atoms with Crippen LogP contribution in [0.15, 0.2) is 30.6 Å². The average Bonchev–Trinajstić information content (AvgIpc) is 1.91. The molecule has 0 saturated heterocycles. The van der Waals surface area contributed by atoms with E-state index < -0.39 is 0 Å². The molecule has 0 amide bonds. The van der Waals surface area contributed by atoms with Crippen molar-refractivity contribution < 1.29 is 0 Å². The van der Waals surface area contributed by atoms with Crippen LogP contribution in [0.25, 0.3) is 0 Å². The van der Waals surface area contributed by atoms with Gasteiger partial charge in [-0.3, -0.25) is 10.4 Å². The molecule has 0 aromatic carbocycles. The summed E-state index contributed by atoms with van der Waals surface area (Å²) in [6, 6.07) is 0. The van der Waals surface area contributed by atoms with Gasteiger partial charge in [-0.1, -0.05) is 13.2 Å². The lowest BCUT2D eigenvalue weighted by molar-refractivity contribution is 0.771. The minimum Gasteiger partial charge on any atom is -0.309 e. The van der Waals surface area contributed by atoms with Crippen molar-refractivity contribution in [3.63, 3.8) is 0 Å². The maximum atomic E-state index is 7.28. The zero-order chi connectivity index (χ0) is 7.98. The summed E-state index contributed by atoms with van der Waals surface area (Å²) in [4.78, 5) is 5.13. The van der Waals surface area contributed by atoms with Gasteiger partial charge in [0.1, 0.15) is 5.84 Å². The van der Waals surface area contributed by atoms with Crippen molar-refractivity contribution in [2.24, 2.45) is 4.99 Å². The van der Waals surface area contributed by atoms with E-state index in [2.05, 4.69) is 18.2 Å². The van der Waals surface area contributed by atoms with Crippen molar-refractivity contribution in [2.75, 3.05) is 7.05 Å². The van der Waals surface area contributed by atoms with E-state index in [1.165, 1.54) is 23.5 Å². The zero-order valence-corrected chi connectivity index (χ0v) is 6.04. The van der Waals surface area contributed by atoms with Crippen LogP contribution in [-0.2, 0) is 0 Å². The molecule has 0 spiro atoms. The zero-order valence-electron chi connectivity index (χ0n) is 6.04. The summed E-state index contributed by atoms with van der Waals surface area (Å²) < 4.78 is 0. The van der Waals surface area contributed by atoms with E-state index in [-0.39, 0.29) is 5.84 Å². The Hall–Kier alpha value is -1.38. The third-order valence-corrected chi connectivity index (χ3v) is 0.923. The van der Waals surface area contributed by atoms with Crippen LogP contribution < -0.4 is 0 Å². The summed E-state index contributed by atoms with van der Waals surface area (Å²) in [7, 11) is 1.61. The number of hydrogen-bond donors (Lipinski definition) is 1. The maximum absolute atomic E-state index is 7.28. The first-order chi connectivity index (χ1) is 4.76. The van der Waals surface area contributed by atoms with Gasteiger partial charge in [0.05, 0.1) is 6.21 Å². The summed E-state index contributed by atoms with van der Waals surface area (Å²) in [5.74, 6) is 0.257. The highest BCUT2D eigenvalue weighted by Gasteiger charge is 1.94. The standard InChI is InChI=1S/C7H11N3/c1-4-10(5-2)7(8)6-9-3/h4-6,8H,1-2H2,3H3/b8-7?,9-6-. The van der Waals surface area contributed by atoms with Crippen LogP contribution in [0.2, 0.25) is 0 Å². The maximum Gasteiger partial charge on any atom is 0.147 e. The smallest absolute Gasteiger partial charge is 0.147 e. The molecular formula is C7H11N3. The van der Waals surface area contributed by atoms with Gasteiger partial charge in [-0.2, -0.15) is 0 Å². The Kier molecular flexibility index (Phi) is 3.87. The lowest BCUT2D eigenvalue weighted by atomic mass is 10.5. The fourth-order valence-corrected chi connectivity index (χ4v) is 0.460. The number of amidine groups is 1. The van der Waals surface area contributed by atoms with Crippen LogP contribution >= 0.6 is 0 Å². The van der Waals surface area contributed by atoms with E-state index in [4.69, 9.17) is 5.41 Å². The molecule has 0 aliphatic carbocycles. The van der Waals surface area contributed by atoms with Crippen molar-refractivity contribution in [1.82, 2.24) is 4.90 Å². The fraction of sp³-hybridized carbons (Fsp3) is 0.143. The predicted octanol–water partition coefficient (Wildman–Crippen LogP) is 1.25. The summed E-state index contributed by atoms with van der Waals surface area (Å²) in [5.41, 5.74) is 0. The lowest BCUT2D eigenvalue weighted by Gasteiger charge is -2.10. The summed E-state index contributed by atoms with van der Waals surface area (Å²) in [5, 5.41) is 7.28. The Bertz CT molecular complexity index is 162. The van der Waals surface area contributed by atoms with Crippen molar-refractivity contribution in [3.8, 4) is 0 Å². The van der Waals surface area contributed by atoms with Gasteiger partial charge >= 0.3 is 0 Å². The fourth-order valence-electron chi connectivity index (χ4n) is 0.460. The van der Waals surface area contributed by atoms with Gasteiger partial charge in [0.2, 0.25) is 0 Å². The molecule has 0 atom stereocenters. The monoisotopic (exact) mass is 137 g/mol. The molecule has 0 aliphatic rings. The van der Waals surface area contributed by atoms with E-state index in [0.717, 1.165) is 0 Å². The second-order valence-corrected chi connectivity index (χ2v) is 1.54. The minimum atomic E-state index is 0.257. The molecule has 3 heteroatoms. The molecule has 0 aromatic rings. The van der Waals surface area contributed by atoms with Gasteiger partial charge in [-0.15, -0.1) is 0 Å². The lowest BCUT2D eigenvalue weighted by Crippen LogP contribution is -2.19. The Morgan fingerprint density at radius 2 is 2.00 bits per heavy atom. The molecular weight excluding hydrogens is 126 g/mol. The molecule has 0 radical (unpaired) electrons. The van der Waals surface area contributed by atoms with Crippen LogP contribution in [0.4, 0.5) is 0 Å². The van der Waals surface area contributed by atoms with Crippen LogP contribution in [0, 0.1) is 5.41 Å². The van der Waals surface area contributed by atoms with E-state index in [1.807, 2.05) is 0 Å². The topological polar surface area (TPSA) is 39.5 Å². The van der Waals surface area contributed by atoms with Crippen LogP contribution in [0.1, 0.15) is 0 Å². The van der Waals surface area contributed by atoms with E-state index in [9.17, 15) is 0 Å². The Labute approximate surface area is 60.9 Å². The van der Waals surface area contributed by atoms with Gasteiger partial charge in [0.15, 0.2) is 0 Å². The predicted molar refractivity (Wildman–Crippen MR) is 44.4 cm³/mol. The molecule has 0 aromatic heterocycles. The molecule has 0 fully saturated rings. The molecule has 0 rings (SSSR count). The SMILES string of the molecule is C=CN(C=C)C(=N)/C=N\C. The summed E-state index contributed by atoms with van der Waals surface area (Å²) >= 11 is 0. The van der Waals surface area contributed by atoms with Gasteiger partial charge in [0, 0.05) is 19.4 Å². The molecule has 3 nitrogen and oxygen atoms in total. The highest BCUT2D eigenvalue weighted by atomic mass is 15.1. The van der Waals surface area contributed by atoms with E-state index in [1.54, 1.807) is 7.05 Å². The van der Waals surface area contributed by atoms with Crippen molar-refractivity contribution in [3.05, 3.63) is 25.6 Å². The summed E-state index contributed by atoms with van der Waals surface area (Å²) in [6.45, 7) is 6.97. The van der Waals surface area contributed by atoms with Gasteiger partial charge in [-0.05, 0) is 0 Å². The molecule has 0 heterocycles. The third-order valence-electron chi connectivity index (χ3n) is 0.923. The third kappa shape index (κ3) is 2.26. The second kappa shape index (κ2) is 4.49. The first-order valence-corrected chi connectivity index (χ1v) is 2.80. The van der Waals surface area contributed by atoms with Crippen molar-refractivity contribution in [2.45, 2.75) is 0 Å².